The second-order valence-electron chi connectivity index (χ2n) is 12.2. The Morgan fingerprint density at radius 2 is 1.11 bits per heavy atom. The average molecular weight is 777 g/mol. The van der Waals surface area contributed by atoms with Crippen LogP contribution in [0.15, 0.2) is 120 Å². The smallest absolute Gasteiger partial charge is 0.345 e. The van der Waals surface area contributed by atoms with Crippen molar-refractivity contribution in [3.8, 4) is 22.8 Å². The van der Waals surface area contributed by atoms with Gasteiger partial charge in [0, 0.05) is 48.3 Å². The summed E-state index contributed by atoms with van der Waals surface area (Å²) in [4.78, 5) is 77.2. The molecular formula is C40H24N8O6S2. The van der Waals surface area contributed by atoms with E-state index in [2.05, 4.69) is 29.9 Å². The number of para-hydroxylation sites is 2. The molecule has 10 aromatic rings. The Morgan fingerprint density at radius 1 is 0.661 bits per heavy atom. The summed E-state index contributed by atoms with van der Waals surface area (Å²) in [5, 5.41) is 10.1. The summed E-state index contributed by atoms with van der Waals surface area (Å²) < 4.78 is 10.5. The first-order valence-corrected chi connectivity index (χ1v) is 18.6. The minimum atomic E-state index is -1.26. The van der Waals surface area contributed by atoms with Gasteiger partial charge in [-0.3, -0.25) is 28.4 Å². The number of ether oxygens (including phenoxy) is 1. The Morgan fingerprint density at radius 3 is 1.57 bits per heavy atom. The number of hydrogen-bond acceptors (Lipinski definition) is 13. The van der Waals surface area contributed by atoms with Gasteiger partial charge in [-0.05, 0) is 55.5 Å². The van der Waals surface area contributed by atoms with Gasteiger partial charge in [0.2, 0.25) is 10.9 Å². The molecule has 14 nitrogen and oxygen atoms in total. The zero-order valence-corrected chi connectivity index (χ0v) is 30.6. The Labute approximate surface area is 321 Å². The number of esters is 1. The number of rotatable bonds is 5. The Hall–Kier alpha value is -7.30. The van der Waals surface area contributed by atoms with Crippen molar-refractivity contribution in [1.29, 1.82) is 0 Å². The van der Waals surface area contributed by atoms with Crippen molar-refractivity contribution in [2.75, 3.05) is 6.61 Å². The van der Waals surface area contributed by atoms with Gasteiger partial charge in [0.15, 0.2) is 22.9 Å². The molecule has 16 heteroatoms. The Balaban J connectivity index is 0.000000147. The zero-order chi connectivity index (χ0) is 38.5. The van der Waals surface area contributed by atoms with Crippen LogP contribution in [0.4, 0.5) is 0 Å². The van der Waals surface area contributed by atoms with Gasteiger partial charge in [0.1, 0.15) is 20.8 Å². The highest BCUT2D eigenvalue weighted by molar-refractivity contribution is 7.24. The standard InChI is InChI=1S/C21H14N4O3S.C19H10N4O3S/c1-2-28-21(27)16-17(26)13-11-23-18(12-7-9-22-10-8-12)24-19(13)25-14-5-3-4-6-15(14)29-20(16)25;24-15-11-9-21-16(10-5-7-20-8-6-10)22-17(11)23-12-3-1-2-4-13(12)27-18(23)14(15)19(25)26/h3-11H,2H2,1H3;1-9H,(H,25,26). The summed E-state index contributed by atoms with van der Waals surface area (Å²) in [7, 11) is 0. The van der Waals surface area contributed by atoms with Crippen LogP contribution in [0.25, 0.3) is 74.9 Å². The molecule has 8 aromatic heterocycles. The Kier molecular flexibility index (Phi) is 8.52. The van der Waals surface area contributed by atoms with Crippen LogP contribution in [0.2, 0.25) is 0 Å². The lowest BCUT2D eigenvalue weighted by atomic mass is 10.2. The maximum absolute atomic E-state index is 13.2. The highest BCUT2D eigenvalue weighted by atomic mass is 32.1. The number of hydrogen-bond donors (Lipinski definition) is 1. The molecule has 0 unspecified atom stereocenters. The number of aromatic carboxylic acids is 1. The van der Waals surface area contributed by atoms with Crippen LogP contribution in [-0.2, 0) is 4.74 Å². The van der Waals surface area contributed by atoms with Crippen molar-refractivity contribution < 1.29 is 19.4 Å². The van der Waals surface area contributed by atoms with E-state index in [0.717, 1.165) is 31.6 Å². The predicted octanol–water partition coefficient (Wildman–Crippen LogP) is 6.91. The molecule has 2 aromatic carbocycles. The van der Waals surface area contributed by atoms with Crippen LogP contribution in [-0.4, -0.2) is 62.4 Å². The topological polar surface area (TPSA) is 184 Å². The number of thiazole rings is 2. The number of pyridine rings is 4. The lowest BCUT2D eigenvalue weighted by Crippen LogP contribution is -2.20. The third-order valence-corrected chi connectivity index (χ3v) is 11.2. The number of carboxylic acids is 1. The van der Waals surface area contributed by atoms with E-state index in [0.29, 0.717) is 32.6 Å². The van der Waals surface area contributed by atoms with Crippen LogP contribution in [0, 0.1) is 0 Å². The van der Waals surface area contributed by atoms with E-state index < -0.39 is 22.8 Å². The Bertz CT molecular complexity index is 3330. The fourth-order valence-electron chi connectivity index (χ4n) is 6.44. The number of nitrogens with zero attached hydrogens (tertiary/aromatic N) is 8. The molecule has 0 atom stereocenters. The predicted molar refractivity (Wildman–Crippen MR) is 214 cm³/mol. The van der Waals surface area contributed by atoms with E-state index in [9.17, 15) is 24.3 Å². The van der Waals surface area contributed by atoms with E-state index in [1.807, 2.05) is 52.9 Å². The fraction of sp³-hybridized carbons (Fsp3) is 0.0500. The van der Waals surface area contributed by atoms with Crippen LogP contribution in [0.3, 0.4) is 0 Å². The molecule has 272 valence electrons. The van der Waals surface area contributed by atoms with Crippen molar-refractivity contribution in [3.05, 3.63) is 142 Å². The summed E-state index contributed by atoms with van der Waals surface area (Å²) in [5.74, 6) is -0.977. The number of carbonyl (C=O) groups is 2. The highest BCUT2D eigenvalue weighted by Gasteiger charge is 2.25. The van der Waals surface area contributed by atoms with Gasteiger partial charge in [-0.1, -0.05) is 24.3 Å². The molecular weight excluding hydrogens is 753 g/mol. The number of carboxylic acid groups (broad SMARTS) is 1. The molecule has 0 fully saturated rings. The zero-order valence-electron chi connectivity index (χ0n) is 29.0. The van der Waals surface area contributed by atoms with Gasteiger partial charge in [0.25, 0.3) is 0 Å². The van der Waals surface area contributed by atoms with Gasteiger partial charge in [-0.2, -0.15) is 0 Å². The first-order chi connectivity index (χ1) is 27.3. The second-order valence-corrected chi connectivity index (χ2v) is 14.2. The fourth-order valence-corrected chi connectivity index (χ4v) is 8.79. The highest BCUT2D eigenvalue weighted by Crippen LogP contribution is 2.33. The average Bonchev–Trinajstić information content (AvgIpc) is 3.81. The number of benzene rings is 2. The lowest BCUT2D eigenvalue weighted by molar-refractivity contribution is 0.0526. The first-order valence-electron chi connectivity index (χ1n) is 17.0. The van der Waals surface area contributed by atoms with E-state index in [4.69, 9.17) is 4.74 Å². The van der Waals surface area contributed by atoms with Gasteiger partial charge in [-0.15, -0.1) is 22.7 Å². The quantitative estimate of drug-likeness (QED) is 0.178. The van der Waals surface area contributed by atoms with E-state index in [-0.39, 0.29) is 28.5 Å². The summed E-state index contributed by atoms with van der Waals surface area (Å²) in [6, 6.07) is 22.4. The minimum absolute atomic E-state index is 0.0146. The van der Waals surface area contributed by atoms with Crippen molar-refractivity contribution in [3.63, 3.8) is 0 Å². The monoisotopic (exact) mass is 776 g/mol. The summed E-state index contributed by atoms with van der Waals surface area (Å²) in [5.41, 5.74) is 2.80. The molecule has 10 rings (SSSR count). The molecule has 1 N–H and O–H groups in total. The number of fused-ring (bicyclic) bond motifs is 10. The second kappa shape index (κ2) is 13.8. The first kappa shape index (κ1) is 34.5. The number of carbonyl (C=O) groups excluding carboxylic acids is 1. The van der Waals surface area contributed by atoms with Crippen LogP contribution < -0.4 is 10.9 Å². The maximum atomic E-state index is 13.2. The molecule has 56 heavy (non-hydrogen) atoms. The van der Waals surface area contributed by atoms with Crippen molar-refractivity contribution in [2.24, 2.45) is 0 Å². The molecule has 0 spiro atoms. The molecule has 0 radical (unpaired) electrons. The van der Waals surface area contributed by atoms with Gasteiger partial charge in [-0.25, -0.2) is 29.5 Å². The normalized spacial score (nSPS) is 11.4. The van der Waals surface area contributed by atoms with Crippen LogP contribution >= 0.6 is 22.7 Å². The molecule has 8 heterocycles. The lowest BCUT2D eigenvalue weighted by Gasteiger charge is -2.08. The van der Waals surface area contributed by atoms with Crippen LogP contribution in [0.1, 0.15) is 27.6 Å². The molecule has 0 aliphatic heterocycles. The van der Waals surface area contributed by atoms with Crippen molar-refractivity contribution >= 4 is 86.8 Å². The molecule has 0 aliphatic rings. The molecule has 0 saturated carbocycles. The SMILES string of the molecule is CCOC(=O)c1c(=O)c2cnc(-c3ccncc3)nc2n2c1sc1ccccc12.O=C(O)c1c(=O)c2cnc(-c3ccncc3)nc2n2c1sc1ccccc12. The van der Waals surface area contributed by atoms with Gasteiger partial charge in [0.05, 0.1) is 37.8 Å². The van der Waals surface area contributed by atoms with Crippen molar-refractivity contribution in [1.82, 2.24) is 38.7 Å². The molecule has 0 bridgehead atoms. The van der Waals surface area contributed by atoms with Crippen LogP contribution in [0.5, 0.6) is 0 Å². The maximum Gasteiger partial charge on any atom is 0.345 e. The van der Waals surface area contributed by atoms with E-state index in [1.54, 1.807) is 60.4 Å². The van der Waals surface area contributed by atoms with E-state index >= 15 is 0 Å². The van der Waals surface area contributed by atoms with Gasteiger partial charge < -0.3 is 9.84 Å². The third kappa shape index (κ3) is 5.62. The molecule has 0 amide bonds. The summed E-state index contributed by atoms with van der Waals surface area (Å²) in [6.07, 6.45) is 9.47. The van der Waals surface area contributed by atoms with Crippen molar-refractivity contribution in [2.45, 2.75) is 6.92 Å². The third-order valence-electron chi connectivity index (χ3n) is 8.93. The molecule has 0 aliphatic carbocycles. The molecule has 0 saturated heterocycles. The largest absolute Gasteiger partial charge is 0.477 e. The number of aromatic nitrogens is 8. The minimum Gasteiger partial charge on any atom is -0.477 e. The summed E-state index contributed by atoms with van der Waals surface area (Å²) >= 11 is 2.62. The van der Waals surface area contributed by atoms with E-state index in [1.165, 1.54) is 35.1 Å². The summed E-state index contributed by atoms with van der Waals surface area (Å²) in [6.45, 7) is 1.90. The van der Waals surface area contributed by atoms with Gasteiger partial charge >= 0.3 is 11.9 Å².